The van der Waals surface area contributed by atoms with Crippen LogP contribution in [0.15, 0.2) is 46.0 Å². The molecule has 0 bridgehead atoms. The summed E-state index contributed by atoms with van der Waals surface area (Å²) in [7, 11) is 1.85. The third kappa shape index (κ3) is 5.74. The van der Waals surface area contributed by atoms with Crippen molar-refractivity contribution in [3.05, 3.63) is 62.8 Å². The Hall–Kier alpha value is -2.03. The van der Waals surface area contributed by atoms with Crippen LogP contribution in [0.4, 0.5) is 5.69 Å². The molecule has 0 aliphatic rings. The maximum Gasteiger partial charge on any atom is 0.234 e. The molecule has 0 saturated heterocycles. The molecular weight excluding hydrogens is 476 g/mol. The first-order valence-electron chi connectivity index (χ1n) is 8.79. The quantitative estimate of drug-likeness (QED) is 0.459. The number of hydrogen-bond acceptors (Lipinski definition) is 5. The summed E-state index contributed by atoms with van der Waals surface area (Å²) >= 11 is 10.8. The average molecular weight is 496 g/mol. The molecule has 3 aromatic rings. The summed E-state index contributed by atoms with van der Waals surface area (Å²) in [5, 5.41) is 12.2. The number of aromatic nitrogens is 3. The number of ether oxygens (including phenoxy) is 1. The van der Waals surface area contributed by atoms with Crippen LogP contribution in [0.2, 0.25) is 5.02 Å². The Kier molecular flexibility index (Phi) is 7.21. The summed E-state index contributed by atoms with van der Waals surface area (Å²) in [6, 6.07) is 11.4. The monoisotopic (exact) mass is 494 g/mol. The summed E-state index contributed by atoms with van der Waals surface area (Å²) in [6.07, 6.45) is 0. The molecule has 0 spiro atoms. The third-order valence-electron chi connectivity index (χ3n) is 4.16. The van der Waals surface area contributed by atoms with Gasteiger partial charge in [0, 0.05) is 11.5 Å². The molecule has 1 N–H and O–H groups in total. The highest BCUT2D eigenvalue weighted by Crippen LogP contribution is 2.26. The lowest BCUT2D eigenvalue weighted by Gasteiger charge is -2.10. The number of carbonyl (C=O) groups excluding carboxylic acids is 1. The molecule has 1 heterocycles. The maximum absolute atomic E-state index is 12.2. The summed E-state index contributed by atoms with van der Waals surface area (Å²) in [5.41, 5.74) is 2.77. The van der Waals surface area contributed by atoms with Crippen molar-refractivity contribution in [1.29, 1.82) is 0 Å². The molecule has 0 fully saturated rings. The van der Waals surface area contributed by atoms with Crippen LogP contribution in [0.25, 0.3) is 0 Å². The molecule has 1 amide bonds. The number of hydrogen-bond donors (Lipinski definition) is 1. The van der Waals surface area contributed by atoms with Crippen molar-refractivity contribution >= 4 is 50.9 Å². The van der Waals surface area contributed by atoms with Crippen molar-refractivity contribution in [2.45, 2.75) is 25.6 Å². The Morgan fingerprint density at radius 2 is 2.03 bits per heavy atom. The maximum atomic E-state index is 12.2. The zero-order valence-electron chi connectivity index (χ0n) is 16.2. The number of halogens is 2. The zero-order chi connectivity index (χ0) is 21.0. The topological polar surface area (TPSA) is 69.0 Å². The van der Waals surface area contributed by atoms with Gasteiger partial charge in [-0.3, -0.25) is 4.79 Å². The minimum absolute atomic E-state index is 0.171. The van der Waals surface area contributed by atoms with Crippen LogP contribution in [-0.4, -0.2) is 26.4 Å². The lowest BCUT2D eigenvalue weighted by molar-refractivity contribution is -0.113. The van der Waals surface area contributed by atoms with Crippen LogP contribution in [0.1, 0.15) is 17.0 Å². The predicted octanol–water partition coefficient (Wildman–Crippen LogP) is 5.16. The fourth-order valence-electron chi connectivity index (χ4n) is 2.51. The average Bonchev–Trinajstić information content (AvgIpc) is 3.03. The fourth-order valence-corrected chi connectivity index (χ4v) is 3.96. The van der Waals surface area contributed by atoms with Crippen molar-refractivity contribution in [3.63, 3.8) is 0 Å². The van der Waals surface area contributed by atoms with Gasteiger partial charge in [0.1, 0.15) is 12.4 Å². The van der Waals surface area contributed by atoms with E-state index in [0.717, 1.165) is 21.3 Å². The Morgan fingerprint density at radius 3 is 2.79 bits per heavy atom. The Bertz CT molecular complexity index is 1040. The molecule has 0 radical (unpaired) electrons. The third-order valence-corrected chi connectivity index (χ3v) is 5.99. The van der Waals surface area contributed by atoms with Crippen molar-refractivity contribution in [2.75, 3.05) is 11.1 Å². The number of anilines is 1. The van der Waals surface area contributed by atoms with Gasteiger partial charge in [-0.15, -0.1) is 10.2 Å². The van der Waals surface area contributed by atoms with Gasteiger partial charge in [-0.25, -0.2) is 0 Å². The van der Waals surface area contributed by atoms with Gasteiger partial charge in [-0.05, 0) is 49.2 Å². The molecule has 0 unspecified atom stereocenters. The van der Waals surface area contributed by atoms with Gasteiger partial charge in [0.25, 0.3) is 0 Å². The van der Waals surface area contributed by atoms with E-state index in [2.05, 4.69) is 31.4 Å². The summed E-state index contributed by atoms with van der Waals surface area (Å²) < 4.78 is 8.58. The van der Waals surface area contributed by atoms with Crippen LogP contribution >= 0.6 is 39.3 Å². The lowest BCUT2D eigenvalue weighted by Crippen LogP contribution is -2.15. The largest absolute Gasteiger partial charge is 0.485 e. The van der Waals surface area contributed by atoms with Gasteiger partial charge >= 0.3 is 0 Å². The molecule has 152 valence electrons. The first-order chi connectivity index (χ1) is 13.8. The van der Waals surface area contributed by atoms with Crippen molar-refractivity contribution in [2.24, 2.45) is 7.05 Å². The first-order valence-corrected chi connectivity index (χ1v) is 10.9. The molecule has 0 atom stereocenters. The number of rotatable bonds is 7. The van der Waals surface area contributed by atoms with Crippen LogP contribution < -0.4 is 10.1 Å². The molecule has 1 aromatic heterocycles. The second-order valence-corrected chi connectivity index (χ2v) is 8.74. The number of nitrogens with one attached hydrogen (secondary N) is 1. The second kappa shape index (κ2) is 9.65. The molecule has 9 heteroatoms. The molecule has 0 aliphatic heterocycles. The Balaban J connectivity index is 1.56. The number of nitrogens with zero attached hydrogens (tertiary/aromatic N) is 3. The molecule has 29 heavy (non-hydrogen) atoms. The SMILES string of the molecule is Cc1ccc(C)c(OCc2nnc(SCC(=O)Nc3ccc(Br)cc3Cl)n2C)c1. The van der Waals surface area contributed by atoms with E-state index in [1.165, 1.54) is 11.8 Å². The van der Waals surface area contributed by atoms with E-state index < -0.39 is 0 Å². The number of amides is 1. The van der Waals surface area contributed by atoms with Gasteiger partial charge in [-0.2, -0.15) is 0 Å². The smallest absolute Gasteiger partial charge is 0.234 e. The summed E-state index contributed by atoms with van der Waals surface area (Å²) in [4.78, 5) is 12.2. The molecule has 6 nitrogen and oxygen atoms in total. The second-order valence-electron chi connectivity index (χ2n) is 6.48. The standard InChI is InChI=1S/C20H20BrClN4O2S/c1-12-4-5-13(2)17(8-12)28-10-18-24-25-20(26(18)3)29-11-19(27)23-16-7-6-14(21)9-15(16)22/h4-9H,10-11H2,1-3H3,(H,23,27). The van der Waals surface area contributed by atoms with Crippen molar-refractivity contribution in [1.82, 2.24) is 14.8 Å². The van der Waals surface area contributed by atoms with E-state index in [0.29, 0.717) is 28.3 Å². The van der Waals surface area contributed by atoms with Crippen LogP contribution in [-0.2, 0) is 18.4 Å². The minimum atomic E-state index is -0.171. The van der Waals surface area contributed by atoms with E-state index >= 15 is 0 Å². The Morgan fingerprint density at radius 1 is 1.24 bits per heavy atom. The fraction of sp³-hybridized carbons (Fsp3) is 0.250. The van der Waals surface area contributed by atoms with Crippen molar-refractivity contribution in [3.8, 4) is 5.75 Å². The number of aryl methyl sites for hydroxylation is 2. The van der Waals surface area contributed by atoms with Crippen molar-refractivity contribution < 1.29 is 9.53 Å². The van der Waals surface area contributed by atoms with Gasteiger partial charge in [0.15, 0.2) is 11.0 Å². The predicted molar refractivity (Wildman–Crippen MR) is 120 cm³/mol. The van der Waals surface area contributed by atoms with Gasteiger partial charge in [-0.1, -0.05) is 51.4 Å². The van der Waals surface area contributed by atoms with E-state index in [-0.39, 0.29) is 11.7 Å². The first kappa shape index (κ1) is 21.7. The highest BCUT2D eigenvalue weighted by atomic mass is 79.9. The molecule has 2 aromatic carbocycles. The van der Waals surface area contributed by atoms with E-state index in [9.17, 15) is 4.79 Å². The summed E-state index contributed by atoms with van der Waals surface area (Å²) in [6.45, 7) is 4.33. The summed E-state index contributed by atoms with van der Waals surface area (Å²) in [5.74, 6) is 1.53. The van der Waals surface area contributed by atoms with Gasteiger partial charge < -0.3 is 14.6 Å². The van der Waals surface area contributed by atoms with E-state index in [4.69, 9.17) is 16.3 Å². The van der Waals surface area contributed by atoms with Gasteiger partial charge in [0.05, 0.1) is 16.5 Å². The van der Waals surface area contributed by atoms with Crippen LogP contribution in [0.5, 0.6) is 5.75 Å². The highest BCUT2D eigenvalue weighted by Gasteiger charge is 2.13. The van der Waals surface area contributed by atoms with E-state index in [1.54, 1.807) is 12.1 Å². The number of carbonyl (C=O) groups is 1. The molecule has 0 saturated carbocycles. The van der Waals surface area contributed by atoms with Crippen LogP contribution in [0, 0.1) is 13.8 Å². The normalized spacial score (nSPS) is 10.8. The number of thioether (sulfide) groups is 1. The lowest BCUT2D eigenvalue weighted by atomic mass is 10.1. The molecular formula is C20H20BrClN4O2S. The molecule has 3 rings (SSSR count). The van der Waals surface area contributed by atoms with Crippen LogP contribution in [0.3, 0.4) is 0 Å². The highest BCUT2D eigenvalue weighted by molar-refractivity contribution is 9.10. The molecule has 0 aliphatic carbocycles. The Labute approximate surface area is 187 Å². The number of benzene rings is 2. The zero-order valence-corrected chi connectivity index (χ0v) is 19.4. The van der Waals surface area contributed by atoms with Gasteiger partial charge in [0.2, 0.25) is 5.91 Å². The van der Waals surface area contributed by atoms with E-state index in [1.807, 2.05) is 49.7 Å². The minimum Gasteiger partial charge on any atom is -0.485 e.